The zero-order valence-electron chi connectivity index (χ0n) is 15.3. The Morgan fingerprint density at radius 3 is 2.37 bits per heavy atom. The molecule has 1 N–H and O–H groups in total. The van der Waals surface area contributed by atoms with Crippen LogP contribution in [0.15, 0.2) is 18.2 Å². The first-order chi connectivity index (χ1) is 12.6. The van der Waals surface area contributed by atoms with E-state index < -0.39 is 12.1 Å². The quantitative estimate of drug-likeness (QED) is 0.825. The first-order valence-corrected chi connectivity index (χ1v) is 8.48. The number of ether oxygens (including phenoxy) is 1. The molecular weight excluding hydrogens is 367 g/mol. The molecule has 0 aromatic carbocycles. The number of morpholine rings is 1. The molecule has 1 saturated heterocycles. The largest absolute Gasteiger partial charge is 0.490 e. The Hall–Kier alpha value is -2.20. The third-order valence-electron chi connectivity index (χ3n) is 3.81. The predicted molar refractivity (Wildman–Crippen MR) is 91.5 cm³/mol. The zero-order valence-corrected chi connectivity index (χ0v) is 15.3. The highest BCUT2D eigenvalue weighted by Crippen LogP contribution is 2.13. The number of hydrogen-bond donors (Lipinski definition) is 1. The van der Waals surface area contributed by atoms with Gasteiger partial charge in [0.15, 0.2) is 0 Å². The van der Waals surface area contributed by atoms with Gasteiger partial charge in [-0.05, 0) is 26.0 Å². The molecule has 0 saturated carbocycles. The number of pyridine rings is 1. The summed E-state index contributed by atoms with van der Waals surface area (Å²) in [7, 11) is 0. The number of alkyl halides is 3. The first kappa shape index (κ1) is 22.8. The van der Waals surface area contributed by atoms with Crippen molar-refractivity contribution < 1.29 is 32.6 Å². The second-order valence-corrected chi connectivity index (χ2v) is 5.81. The van der Waals surface area contributed by atoms with Crippen molar-refractivity contribution in [3.8, 4) is 0 Å². The van der Waals surface area contributed by atoms with Gasteiger partial charge in [-0.15, -0.1) is 0 Å². The lowest BCUT2D eigenvalue weighted by Crippen LogP contribution is -2.43. The van der Waals surface area contributed by atoms with Crippen molar-refractivity contribution in [3.63, 3.8) is 0 Å². The fourth-order valence-electron chi connectivity index (χ4n) is 2.31. The van der Waals surface area contributed by atoms with Crippen LogP contribution in [0.5, 0.6) is 0 Å². The number of likely N-dealkylation sites (N-methyl/N-ethyl adjacent to an activating group) is 1. The predicted octanol–water partition coefficient (Wildman–Crippen LogP) is 1.82. The van der Waals surface area contributed by atoms with Gasteiger partial charge in [0.05, 0.1) is 13.2 Å². The molecule has 1 aliphatic rings. The molecule has 0 unspecified atom stereocenters. The van der Waals surface area contributed by atoms with Crippen molar-refractivity contribution in [2.75, 3.05) is 45.9 Å². The summed E-state index contributed by atoms with van der Waals surface area (Å²) in [6.45, 7) is 9.74. The average molecular weight is 391 g/mol. The van der Waals surface area contributed by atoms with E-state index in [1.54, 1.807) is 6.07 Å². The summed E-state index contributed by atoms with van der Waals surface area (Å²) in [6, 6.07) is 5.57. The fraction of sp³-hybridized carbons (Fsp3) is 0.588. The number of amides is 1. The summed E-state index contributed by atoms with van der Waals surface area (Å²) in [5.74, 6) is -2.74. The minimum Gasteiger partial charge on any atom is -0.475 e. The number of carboxylic acid groups (broad SMARTS) is 1. The highest BCUT2D eigenvalue weighted by Gasteiger charge is 2.38. The Morgan fingerprint density at radius 2 is 1.89 bits per heavy atom. The number of carbonyl (C=O) groups excluding carboxylic acids is 1. The first-order valence-electron chi connectivity index (χ1n) is 8.48. The molecule has 0 atom stereocenters. The summed E-state index contributed by atoms with van der Waals surface area (Å²) in [4.78, 5) is 29.8. The van der Waals surface area contributed by atoms with Crippen molar-refractivity contribution >= 4 is 11.9 Å². The number of aryl methyl sites for hydroxylation is 1. The Morgan fingerprint density at radius 1 is 1.30 bits per heavy atom. The Balaban J connectivity index is 0.000000445. The van der Waals surface area contributed by atoms with Gasteiger partial charge in [0.25, 0.3) is 5.91 Å². The van der Waals surface area contributed by atoms with Crippen LogP contribution in [0, 0.1) is 6.92 Å². The van der Waals surface area contributed by atoms with E-state index in [9.17, 15) is 18.0 Å². The maximum absolute atomic E-state index is 12.4. The molecule has 2 heterocycles. The molecule has 7 nitrogen and oxygen atoms in total. The molecule has 1 aromatic rings. The van der Waals surface area contributed by atoms with Gasteiger partial charge in [0.2, 0.25) is 0 Å². The summed E-state index contributed by atoms with van der Waals surface area (Å²) in [5.41, 5.74) is 1.41. The topological polar surface area (TPSA) is 83.0 Å². The van der Waals surface area contributed by atoms with Gasteiger partial charge in [-0.2, -0.15) is 13.2 Å². The van der Waals surface area contributed by atoms with Gasteiger partial charge < -0.3 is 14.7 Å². The van der Waals surface area contributed by atoms with E-state index in [2.05, 4.69) is 9.88 Å². The lowest BCUT2D eigenvalue weighted by atomic mass is 10.2. The van der Waals surface area contributed by atoms with Crippen LogP contribution in [0.3, 0.4) is 0 Å². The third-order valence-corrected chi connectivity index (χ3v) is 3.81. The molecular formula is C17H24F3N3O4. The standard InChI is InChI=1S/C15H23N3O2.C2HF3O2/c1-3-18(8-7-17-9-11-20-12-10-17)15(19)14-6-4-5-13(2)16-14;3-2(4,5)1(6)7/h4-6H,3,7-12H2,1-2H3;(H,6,7). The van der Waals surface area contributed by atoms with Crippen molar-refractivity contribution in [1.82, 2.24) is 14.8 Å². The molecule has 2 rings (SSSR count). The molecule has 1 fully saturated rings. The summed E-state index contributed by atoms with van der Waals surface area (Å²) < 4.78 is 37.1. The molecule has 1 aliphatic heterocycles. The van der Waals surface area contributed by atoms with Crippen molar-refractivity contribution in [2.24, 2.45) is 0 Å². The van der Waals surface area contributed by atoms with Crippen LogP contribution in [0.4, 0.5) is 13.2 Å². The van der Waals surface area contributed by atoms with Crippen LogP contribution in [-0.4, -0.2) is 83.9 Å². The summed E-state index contributed by atoms with van der Waals surface area (Å²) in [5, 5.41) is 7.12. The number of rotatable bonds is 5. The SMILES string of the molecule is CCN(CCN1CCOCC1)C(=O)c1cccc(C)n1.O=C(O)C(F)(F)F. The van der Waals surface area contributed by atoms with Crippen LogP contribution in [0.25, 0.3) is 0 Å². The Kier molecular flexibility index (Phi) is 9.16. The van der Waals surface area contributed by atoms with E-state index in [1.165, 1.54) is 0 Å². The summed E-state index contributed by atoms with van der Waals surface area (Å²) >= 11 is 0. The average Bonchev–Trinajstić information content (AvgIpc) is 2.62. The number of carboxylic acids is 1. The van der Waals surface area contributed by atoms with E-state index in [0.717, 1.165) is 45.1 Å². The second kappa shape index (κ2) is 10.8. The minimum absolute atomic E-state index is 0.0180. The third kappa shape index (κ3) is 8.35. The molecule has 1 amide bonds. The van der Waals surface area contributed by atoms with Crippen LogP contribution < -0.4 is 0 Å². The van der Waals surface area contributed by atoms with Crippen LogP contribution in [-0.2, 0) is 9.53 Å². The zero-order chi connectivity index (χ0) is 20.4. The Labute approximate surface area is 155 Å². The van der Waals surface area contributed by atoms with Gasteiger partial charge in [0, 0.05) is 38.4 Å². The maximum atomic E-state index is 12.4. The lowest BCUT2D eigenvalue weighted by Gasteiger charge is -2.29. The minimum atomic E-state index is -5.08. The highest BCUT2D eigenvalue weighted by atomic mass is 19.4. The second-order valence-electron chi connectivity index (χ2n) is 5.81. The maximum Gasteiger partial charge on any atom is 0.490 e. The Bertz CT molecular complexity index is 620. The molecule has 27 heavy (non-hydrogen) atoms. The number of nitrogens with zero attached hydrogens (tertiary/aromatic N) is 3. The van der Waals surface area contributed by atoms with E-state index in [4.69, 9.17) is 14.6 Å². The van der Waals surface area contributed by atoms with Crippen molar-refractivity contribution in [1.29, 1.82) is 0 Å². The van der Waals surface area contributed by atoms with Crippen LogP contribution >= 0.6 is 0 Å². The fourth-order valence-corrected chi connectivity index (χ4v) is 2.31. The van der Waals surface area contributed by atoms with Gasteiger partial charge in [-0.1, -0.05) is 6.07 Å². The molecule has 0 spiro atoms. The molecule has 10 heteroatoms. The van der Waals surface area contributed by atoms with E-state index in [-0.39, 0.29) is 5.91 Å². The van der Waals surface area contributed by atoms with Gasteiger partial charge >= 0.3 is 12.1 Å². The molecule has 0 bridgehead atoms. The smallest absolute Gasteiger partial charge is 0.475 e. The monoisotopic (exact) mass is 391 g/mol. The normalized spacial score (nSPS) is 14.9. The van der Waals surface area contributed by atoms with E-state index in [1.807, 2.05) is 30.9 Å². The van der Waals surface area contributed by atoms with Crippen LogP contribution in [0.1, 0.15) is 23.1 Å². The number of aromatic nitrogens is 1. The van der Waals surface area contributed by atoms with Gasteiger partial charge in [-0.3, -0.25) is 9.69 Å². The number of hydrogen-bond acceptors (Lipinski definition) is 5. The molecule has 0 aliphatic carbocycles. The van der Waals surface area contributed by atoms with Gasteiger partial charge in [-0.25, -0.2) is 9.78 Å². The van der Waals surface area contributed by atoms with Gasteiger partial charge in [0.1, 0.15) is 5.69 Å². The van der Waals surface area contributed by atoms with Crippen molar-refractivity contribution in [3.05, 3.63) is 29.6 Å². The highest BCUT2D eigenvalue weighted by molar-refractivity contribution is 5.92. The molecule has 1 aromatic heterocycles. The number of halogens is 3. The van der Waals surface area contributed by atoms with E-state index in [0.29, 0.717) is 12.2 Å². The molecule has 152 valence electrons. The van der Waals surface area contributed by atoms with Crippen molar-refractivity contribution in [2.45, 2.75) is 20.0 Å². The lowest BCUT2D eigenvalue weighted by molar-refractivity contribution is -0.192. The summed E-state index contributed by atoms with van der Waals surface area (Å²) in [6.07, 6.45) is -5.08. The number of aliphatic carboxylic acids is 1. The van der Waals surface area contributed by atoms with Crippen LogP contribution in [0.2, 0.25) is 0 Å². The number of carbonyl (C=O) groups is 2. The van der Waals surface area contributed by atoms with E-state index >= 15 is 0 Å². The molecule has 0 radical (unpaired) electrons.